The summed E-state index contributed by atoms with van der Waals surface area (Å²) < 4.78 is 22.1. The summed E-state index contributed by atoms with van der Waals surface area (Å²) in [5.74, 6) is 2.87. The van der Waals surface area contributed by atoms with Crippen molar-refractivity contribution in [3.05, 3.63) is 66.0 Å². The van der Waals surface area contributed by atoms with Crippen LogP contribution in [0.2, 0.25) is 0 Å². The third kappa shape index (κ3) is 2.68. The van der Waals surface area contributed by atoms with Gasteiger partial charge in [-0.15, -0.1) is 0 Å². The van der Waals surface area contributed by atoms with Crippen molar-refractivity contribution in [1.82, 2.24) is 0 Å². The summed E-state index contributed by atoms with van der Waals surface area (Å²) in [5.41, 5.74) is 0.770. The third-order valence-electron chi connectivity index (χ3n) is 3.58. The summed E-state index contributed by atoms with van der Waals surface area (Å²) in [4.78, 5) is 4.27. The summed E-state index contributed by atoms with van der Waals surface area (Å²) in [6.45, 7) is 1.84. The Hall–Kier alpha value is -3.72. The van der Waals surface area contributed by atoms with Crippen molar-refractivity contribution < 1.29 is 17.7 Å². The highest BCUT2D eigenvalue weighted by Gasteiger charge is 2.26. The molecule has 0 aliphatic heterocycles. The topological polar surface area (TPSA) is 88.7 Å². The normalized spacial score (nSPS) is 11.2. The molecular weight excluding hydrogens is 320 g/mol. The minimum Gasteiger partial charge on any atom is -0.464 e. The predicted molar refractivity (Wildman–Crippen MR) is 89.5 cm³/mol. The fourth-order valence-corrected chi connectivity index (χ4v) is 2.50. The van der Waals surface area contributed by atoms with Gasteiger partial charge in [-0.05, 0) is 43.3 Å². The van der Waals surface area contributed by atoms with E-state index in [2.05, 4.69) is 11.1 Å². The maximum atomic E-state index is 9.63. The van der Waals surface area contributed by atoms with Gasteiger partial charge >= 0.3 is 0 Å². The second kappa shape index (κ2) is 6.06. The van der Waals surface area contributed by atoms with Crippen molar-refractivity contribution in [3.8, 4) is 28.9 Å². The molecule has 0 aromatic carbocycles. The van der Waals surface area contributed by atoms with Gasteiger partial charge in [0.2, 0.25) is 5.88 Å². The van der Waals surface area contributed by atoms with Gasteiger partial charge in [0.1, 0.15) is 28.9 Å². The van der Waals surface area contributed by atoms with Gasteiger partial charge in [-0.2, -0.15) is 5.26 Å². The molecule has 0 atom stereocenters. The zero-order chi connectivity index (χ0) is 17.2. The molecule has 0 saturated carbocycles. The second-order valence-corrected chi connectivity index (χ2v) is 5.26. The summed E-state index contributed by atoms with van der Waals surface area (Å²) in [6.07, 6.45) is 4.57. The van der Waals surface area contributed by atoms with Gasteiger partial charge in [0.05, 0.1) is 24.3 Å². The minimum atomic E-state index is 0.161. The number of aryl methyl sites for hydroxylation is 1. The summed E-state index contributed by atoms with van der Waals surface area (Å²) in [5, 5.41) is 9.63. The standard InChI is InChI=1S/C19H12N2O4/c1-12-6-7-13(24-12)11-21-19-14(10-20)17(15-4-2-8-22-15)18(25-19)16-5-3-9-23-16/h2-9,11H,1H3. The SMILES string of the molecule is Cc1ccc(C=Nc2oc(-c3ccco3)c(-c3ccco3)c2C#N)o1. The Morgan fingerprint density at radius 1 is 1.00 bits per heavy atom. The lowest BCUT2D eigenvalue weighted by Crippen LogP contribution is -1.80. The third-order valence-corrected chi connectivity index (χ3v) is 3.58. The minimum absolute atomic E-state index is 0.161. The van der Waals surface area contributed by atoms with Crippen LogP contribution in [0.15, 0.2) is 71.6 Å². The molecule has 4 heterocycles. The molecule has 122 valence electrons. The van der Waals surface area contributed by atoms with E-state index in [1.165, 1.54) is 18.7 Å². The van der Waals surface area contributed by atoms with Crippen LogP contribution in [0.1, 0.15) is 17.1 Å². The van der Waals surface area contributed by atoms with E-state index >= 15 is 0 Å². The monoisotopic (exact) mass is 332 g/mol. The second-order valence-electron chi connectivity index (χ2n) is 5.26. The molecule has 0 N–H and O–H groups in total. The molecule has 6 nitrogen and oxygen atoms in total. The van der Waals surface area contributed by atoms with Crippen LogP contribution in [-0.2, 0) is 0 Å². The van der Waals surface area contributed by atoms with Crippen molar-refractivity contribution in [3.63, 3.8) is 0 Å². The van der Waals surface area contributed by atoms with Crippen LogP contribution in [0.25, 0.3) is 22.8 Å². The lowest BCUT2D eigenvalue weighted by molar-refractivity contribution is 0.523. The Balaban J connectivity index is 1.87. The summed E-state index contributed by atoms with van der Waals surface area (Å²) in [7, 11) is 0. The van der Waals surface area contributed by atoms with Crippen LogP contribution >= 0.6 is 0 Å². The van der Waals surface area contributed by atoms with Crippen LogP contribution in [0.5, 0.6) is 0 Å². The van der Waals surface area contributed by atoms with Gasteiger partial charge in [0.15, 0.2) is 11.5 Å². The Kier molecular flexibility index (Phi) is 3.60. The van der Waals surface area contributed by atoms with Crippen LogP contribution in [0, 0.1) is 18.3 Å². The molecule has 6 heteroatoms. The number of nitrogens with zero attached hydrogens (tertiary/aromatic N) is 2. The van der Waals surface area contributed by atoms with E-state index in [0.29, 0.717) is 28.6 Å². The van der Waals surface area contributed by atoms with Crippen LogP contribution in [0.3, 0.4) is 0 Å². The molecule has 0 spiro atoms. The fourth-order valence-electron chi connectivity index (χ4n) is 2.50. The number of furan rings is 4. The lowest BCUT2D eigenvalue weighted by atomic mass is 10.1. The molecule has 4 rings (SSSR count). The van der Waals surface area contributed by atoms with Gasteiger partial charge < -0.3 is 17.7 Å². The van der Waals surface area contributed by atoms with E-state index in [4.69, 9.17) is 17.7 Å². The van der Waals surface area contributed by atoms with Gasteiger partial charge in [0.25, 0.3) is 0 Å². The average Bonchev–Trinajstić information content (AvgIpc) is 3.37. The smallest absolute Gasteiger partial charge is 0.238 e. The predicted octanol–water partition coefficient (Wildman–Crippen LogP) is 5.32. The highest BCUT2D eigenvalue weighted by atomic mass is 16.4. The molecule has 0 radical (unpaired) electrons. The van der Waals surface area contributed by atoms with Crippen molar-refractivity contribution in [2.75, 3.05) is 0 Å². The molecule has 0 aliphatic carbocycles. The number of rotatable bonds is 4. The molecule has 0 amide bonds. The lowest BCUT2D eigenvalue weighted by Gasteiger charge is -1.96. The van der Waals surface area contributed by atoms with Crippen molar-refractivity contribution in [2.45, 2.75) is 6.92 Å². The number of hydrogen-bond donors (Lipinski definition) is 0. The molecule has 0 aliphatic rings. The summed E-state index contributed by atoms with van der Waals surface area (Å²) >= 11 is 0. The van der Waals surface area contributed by atoms with Gasteiger partial charge in [-0.25, -0.2) is 4.99 Å². The van der Waals surface area contributed by atoms with Gasteiger partial charge in [-0.1, -0.05) is 0 Å². The Labute approximate surface area is 142 Å². The molecule has 0 saturated heterocycles. The van der Waals surface area contributed by atoms with E-state index in [9.17, 15) is 5.26 Å². The first kappa shape index (κ1) is 14.8. The number of hydrogen-bond acceptors (Lipinski definition) is 6. The maximum absolute atomic E-state index is 9.63. The van der Waals surface area contributed by atoms with Crippen molar-refractivity contribution in [1.29, 1.82) is 5.26 Å². The Bertz CT molecular complexity index is 1060. The van der Waals surface area contributed by atoms with Crippen LogP contribution < -0.4 is 0 Å². The van der Waals surface area contributed by atoms with E-state index in [1.807, 2.05) is 13.0 Å². The molecule has 4 aromatic heterocycles. The highest BCUT2D eigenvalue weighted by Crippen LogP contribution is 2.42. The Morgan fingerprint density at radius 2 is 1.76 bits per heavy atom. The molecule has 4 aromatic rings. The molecule has 0 bridgehead atoms. The van der Waals surface area contributed by atoms with E-state index in [1.54, 1.807) is 30.3 Å². The van der Waals surface area contributed by atoms with Crippen LogP contribution in [0.4, 0.5) is 5.88 Å². The molecule has 0 fully saturated rings. The molecule has 0 unspecified atom stereocenters. The highest BCUT2D eigenvalue weighted by molar-refractivity contribution is 5.86. The largest absolute Gasteiger partial charge is 0.464 e. The number of nitriles is 1. The van der Waals surface area contributed by atoms with Gasteiger partial charge in [0, 0.05) is 0 Å². The number of aliphatic imine (C=N–C) groups is 1. The Morgan fingerprint density at radius 3 is 2.36 bits per heavy atom. The van der Waals surface area contributed by atoms with Gasteiger partial charge in [-0.3, -0.25) is 0 Å². The first-order chi connectivity index (χ1) is 12.3. The van der Waals surface area contributed by atoms with E-state index in [-0.39, 0.29) is 11.4 Å². The first-order valence-electron chi connectivity index (χ1n) is 7.51. The zero-order valence-corrected chi connectivity index (χ0v) is 13.2. The van der Waals surface area contributed by atoms with Crippen molar-refractivity contribution in [2.24, 2.45) is 4.99 Å². The quantitative estimate of drug-likeness (QED) is 0.472. The zero-order valence-electron chi connectivity index (χ0n) is 13.2. The van der Waals surface area contributed by atoms with E-state index < -0.39 is 0 Å². The fraction of sp³-hybridized carbons (Fsp3) is 0.0526. The molecular formula is C19H12N2O4. The summed E-state index contributed by atoms with van der Waals surface area (Å²) in [6, 6.07) is 12.7. The maximum Gasteiger partial charge on any atom is 0.238 e. The van der Waals surface area contributed by atoms with Crippen LogP contribution in [-0.4, -0.2) is 6.21 Å². The van der Waals surface area contributed by atoms with E-state index in [0.717, 1.165) is 5.76 Å². The average molecular weight is 332 g/mol. The van der Waals surface area contributed by atoms with Crippen molar-refractivity contribution >= 4 is 12.1 Å². The first-order valence-corrected chi connectivity index (χ1v) is 7.51. The molecule has 25 heavy (non-hydrogen) atoms.